The fraction of sp³-hybridized carbons (Fsp3) is 0.241. The molecule has 5 rings (SSSR count). The normalized spacial score (nSPS) is 15.2. The van der Waals surface area contributed by atoms with Crippen LogP contribution in [-0.4, -0.2) is 48.4 Å². The predicted molar refractivity (Wildman–Crippen MR) is 151 cm³/mol. The van der Waals surface area contributed by atoms with Gasteiger partial charge in [0.1, 0.15) is 24.9 Å². The summed E-state index contributed by atoms with van der Waals surface area (Å²) in [5.74, 6) is -0.532. The number of amides is 1. The molecule has 2 aromatic carbocycles. The largest absolute Gasteiger partial charge is 0.496 e. The first kappa shape index (κ1) is 27.1. The molecule has 0 saturated heterocycles. The number of hydrogen-bond acceptors (Lipinski definition) is 8. The number of allylic oxidation sites excluding steroid dienone is 1. The van der Waals surface area contributed by atoms with Crippen LogP contribution in [-0.2, 0) is 25.6 Å². The molecule has 1 aliphatic heterocycles. The maximum absolute atomic E-state index is 14.0. The van der Waals surface area contributed by atoms with Gasteiger partial charge in [-0.2, -0.15) is 0 Å². The molecular formula is C29H28N4O6S. The summed E-state index contributed by atoms with van der Waals surface area (Å²) in [6, 6.07) is 14.0. The number of methoxy groups -OCH3 is 2. The van der Waals surface area contributed by atoms with Crippen molar-refractivity contribution >= 4 is 40.2 Å². The zero-order chi connectivity index (χ0) is 28.4. The van der Waals surface area contributed by atoms with Crippen LogP contribution in [0.1, 0.15) is 24.1 Å². The lowest BCUT2D eigenvalue weighted by molar-refractivity contribution is -0.140. The molecule has 0 radical (unpaired) electrons. The van der Waals surface area contributed by atoms with Crippen LogP contribution in [0.15, 0.2) is 75.8 Å². The van der Waals surface area contributed by atoms with Gasteiger partial charge in [0.05, 0.1) is 29.5 Å². The number of benzene rings is 2. The number of para-hydroxylation sites is 2. The molecule has 0 aliphatic carbocycles. The second kappa shape index (κ2) is 11.3. The maximum Gasteiger partial charge on any atom is 0.338 e. The first-order valence-electron chi connectivity index (χ1n) is 12.5. The van der Waals surface area contributed by atoms with Gasteiger partial charge in [0.15, 0.2) is 4.80 Å². The zero-order valence-electron chi connectivity index (χ0n) is 22.2. The Hall–Kier alpha value is -4.48. The van der Waals surface area contributed by atoms with Crippen molar-refractivity contribution < 1.29 is 23.8 Å². The van der Waals surface area contributed by atoms with Crippen molar-refractivity contribution in [1.82, 2.24) is 9.13 Å². The summed E-state index contributed by atoms with van der Waals surface area (Å²) in [5.41, 5.74) is 8.04. The molecule has 0 fully saturated rings. The fourth-order valence-corrected chi connectivity index (χ4v) is 5.93. The molecular weight excluding hydrogens is 532 g/mol. The minimum atomic E-state index is -0.819. The van der Waals surface area contributed by atoms with Gasteiger partial charge in [-0.1, -0.05) is 47.7 Å². The van der Waals surface area contributed by atoms with Crippen molar-refractivity contribution in [2.24, 2.45) is 10.7 Å². The Morgan fingerprint density at radius 3 is 2.60 bits per heavy atom. The van der Waals surface area contributed by atoms with Gasteiger partial charge in [0, 0.05) is 35.3 Å². The second-order valence-corrected chi connectivity index (χ2v) is 10.2. The van der Waals surface area contributed by atoms with Crippen molar-refractivity contribution in [2.75, 3.05) is 27.4 Å². The summed E-state index contributed by atoms with van der Waals surface area (Å²) < 4.78 is 19.8. The highest BCUT2D eigenvalue weighted by Gasteiger charge is 2.35. The van der Waals surface area contributed by atoms with Crippen molar-refractivity contribution in [3.8, 4) is 5.75 Å². The quantitative estimate of drug-likeness (QED) is 0.246. The van der Waals surface area contributed by atoms with Crippen LogP contribution < -0.4 is 25.4 Å². The Morgan fingerprint density at radius 1 is 1.10 bits per heavy atom. The number of ether oxygens (including phenoxy) is 3. The van der Waals surface area contributed by atoms with Crippen molar-refractivity contribution in [3.05, 3.63) is 96.8 Å². The fourth-order valence-electron chi connectivity index (χ4n) is 4.89. The highest BCUT2D eigenvalue weighted by molar-refractivity contribution is 7.07. The second-order valence-electron chi connectivity index (χ2n) is 9.15. The summed E-state index contributed by atoms with van der Waals surface area (Å²) in [6.45, 7) is 2.03. The Balaban J connectivity index is 1.71. The highest BCUT2D eigenvalue weighted by atomic mass is 32.1. The van der Waals surface area contributed by atoms with E-state index in [0.717, 1.165) is 16.5 Å². The first-order chi connectivity index (χ1) is 19.3. The van der Waals surface area contributed by atoms with Crippen molar-refractivity contribution in [1.29, 1.82) is 0 Å². The predicted octanol–water partition coefficient (Wildman–Crippen LogP) is 1.87. The van der Waals surface area contributed by atoms with E-state index in [1.807, 2.05) is 42.5 Å². The van der Waals surface area contributed by atoms with Gasteiger partial charge in [-0.3, -0.25) is 14.2 Å². The number of carbonyl (C=O) groups excluding carboxylic acids is 2. The number of hydrogen-bond donors (Lipinski definition) is 1. The van der Waals surface area contributed by atoms with Gasteiger partial charge in [-0.15, -0.1) is 0 Å². The van der Waals surface area contributed by atoms with Crippen molar-refractivity contribution in [3.63, 3.8) is 0 Å². The number of rotatable bonds is 9. The van der Waals surface area contributed by atoms with Crippen LogP contribution in [0.2, 0.25) is 0 Å². The molecule has 0 saturated carbocycles. The number of thiazole rings is 1. The Bertz CT molecular complexity index is 1830. The standard InChI is InChI=1S/C29H28N4O6S/c1-17-25(28(36)39-13-12-37-2)26(20-9-5-7-11-22(20)38-3)33-27(35)23(40-29(33)31-17)14-18-15-32(16-24(30)34)21-10-6-4-8-19(18)21/h4-11,14-15,26H,12-13,16H2,1-3H3,(H2,30,34). The van der Waals surface area contributed by atoms with Crippen LogP contribution in [0.5, 0.6) is 5.75 Å². The lowest BCUT2D eigenvalue weighted by Crippen LogP contribution is -2.40. The van der Waals surface area contributed by atoms with E-state index in [1.54, 1.807) is 29.8 Å². The average molecular weight is 561 g/mol. The maximum atomic E-state index is 14.0. The third-order valence-electron chi connectivity index (χ3n) is 6.63. The van der Waals surface area contributed by atoms with Crippen LogP contribution in [0.4, 0.5) is 0 Å². The summed E-state index contributed by atoms with van der Waals surface area (Å²) >= 11 is 1.22. The van der Waals surface area contributed by atoms with Crippen LogP contribution in [0, 0.1) is 0 Å². The molecule has 4 aromatic rings. The summed E-state index contributed by atoms with van der Waals surface area (Å²) in [5, 5.41) is 0.870. The third-order valence-corrected chi connectivity index (χ3v) is 7.61. The minimum Gasteiger partial charge on any atom is -0.496 e. The van der Waals surface area contributed by atoms with Crippen LogP contribution in [0.25, 0.3) is 17.0 Å². The van der Waals surface area contributed by atoms with E-state index in [0.29, 0.717) is 26.3 Å². The first-order valence-corrected chi connectivity index (χ1v) is 13.3. The van der Waals surface area contributed by atoms with E-state index in [2.05, 4.69) is 4.99 Å². The van der Waals surface area contributed by atoms with E-state index in [4.69, 9.17) is 19.9 Å². The molecule has 10 nitrogen and oxygen atoms in total. The van der Waals surface area contributed by atoms with Gasteiger partial charge in [-0.05, 0) is 25.1 Å². The van der Waals surface area contributed by atoms with Crippen molar-refractivity contribution in [2.45, 2.75) is 19.5 Å². The smallest absolute Gasteiger partial charge is 0.338 e. The number of esters is 1. The zero-order valence-corrected chi connectivity index (χ0v) is 23.1. The lowest BCUT2D eigenvalue weighted by Gasteiger charge is -2.26. The highest BCUT2D eigenvalue weighted by Crippen LogP contribution is 2.35. The number of aromatic nitrogens is 2. The van der Waals surface area contributed by atoms with Gasteiger partial charge in [0.2, 0.25) is 5.91 Å². The summed E-state index contributed by atoms with van der Waals surface area (Å²) in [7, 11) is 3.06. The molecule has 0 spiro atoms. The Kier molecular flexibility index (Phi) is 7.67. The SMILES string of the molecule is COCCOC(=O)C1=C(C)N=c2sc(=Cc3cn(CC(N)=O)c4ccccc34)c(=O)n2C1c1ccccc1OC. The number of fused-ring (bicyclic) bond motifs is 2. The molecule has 2 N–H and O–H groups in total. The van der Waals surface area contributed by atoms with E-state index in [1.165, 1.54) is 30.1 Å². The Labute approximate surface area is 233 Å². The molecule has 11 heteroatoms. The molecule has 2 aromatic heterocycles. The Morgan fingerprint density at radius 2 is 1.85 bits per heavy atom. The number of carbonyl (C=O) groups is 2. The minimum absolute atomic E-state index is 0.0111. The molecule has 3 heterocycles. The average Bonchev–Trinajstić information content (AvgIpc) is 3.44. The molecule has 0 bridgehead atoms. The molecule has 1 atom stereocenters. The topological polar surface area (TPSA) is 127 Å². The van der Waals surface area contributed by atoms with E-state index in [-0.39, 0.29) is 30.9 Å². The number of nitrogens with two attached hydrogens (primary N) is 1. The van der Waals surface area contributed by atoms with Gasteiger partial charge < -0.3 is 24.5 Å². The summed E-state index contributed by atoms with van der Waals surface area (Å²) in [4.78, 5) is 44.1. The monoisotopic (exact) mass is 560 g/mol. The van der Waals surface area contributed by atoms with E-state index >= 15 is 0 Å². The van der Waals surface area contributed by atoms with Crippen LogP contribution >= 0.6 is 11.3 Å². The van der Waals surface area contributed by atoms with E-state index in [9.17, 15) is 14.4 Å². The molecule has 1 unspecified atom stereocenters. The third kappa shape index (κ3) is 4.96. The van der Waals surface area contributed by atoms with Gasteiger partial charge >= 0.3 is 5.97 Å². The van der Waals surface area contributed by atoms with Gasteiger partial charge in [0.25, 0.3) is 5.56 Å². The lowest BCUT2D eigenvalue weighted by atomic mass is 9.95. The molecule has 40 heavy (non-hydrogen) atoms. The molecule has 1 aliphatic rings. The number of primary amides is 1. The van der Waals surface area contributed by atoms with Crippen LogP contribution in [0.3, 0.4) is 0 Å². The molecule has 1 amide bonds. The summed E-state index contributed by atoms with van der Waals surface area (Å²) in [6.07, 6.45) is 3.58. The molecule has 206 valence electrons. The number of nitrogens with zero attached hydrogens (tertiary/aromatic N) is 3. The van der Waals surface area contributed by atoms with Gasteiger partial charge in [-0.25, -0.2) is 9.79 Å². The van der Waals surface area contributed by atoms with E-state index < -0.39 is 17.9 Å².